The van der Waals surface area contributed by atoms with Crippen LogP contribution in [0.2, 0.25) is 0 Å². The number of carbonyl (C=O) groups excluding carboxylic acids is 1. The number of carbonyl (C=O) groups is 1. The lowest BCUT2D eigenvalue weighted by Crippen LogP contribution is -2.31. The minimum absolute atomic E-state index is 0.0234. The number of aromatic nitrogens is 4. The van der Waals surface area contributed by atoms with E-state index in [0.29, 0.717) is 6.54 Å². The quantitative estimate of drug-likeness (QED) is 0.825. The molecule has 0 radical (unpaired) electrons. The molecule has 1 amide bonds. The Kier molecular flexibility index (Phi) is 5.32. The van der Waals surface area contributed by atoms with Crippen LogP contribution in [0.15, 0.2) is 29.7 Å². The van der Waals surface area contributed by atoms with Gasteiger partial charge in [-0.1, -0.05) is 18.7 Å². The average Bonchev–Trinajstić information content (AvgIpc) is 2.86. The van der Waals surface area contributed by atoms with Crippen molar-refractivity contribution in [3.8, 4) is 11.4 Å². The maximum Gasteiger partial charge on any atom is 0.233 e. The summed E-state index contributed by atoms with van der Waals surface area (Å²) in [6, 6.07) is 3.77. The second kappa shape index (κ2) is 7.21. The Morgan fingerprint density at radius 2 is 2.10 bits per heavy atom. The van der Waals surface area contributed by atoms with Crippen molar-refractivity contribution < 1.29 is 4.79 Å². The Hall–Kier alpha value is -1.89. The van der Waals surface area contributed by atoms with E-state index in [2.05, 4.69) is 20.5 Å². The van der Waals surface area contributed by atoms with Gasteiger partial charge in [0.05, 0.1) is 5.25 Å². The summed E-state index contributed by atoms with van der Waals surface area (Å²) in [4.78, 5) is 15.9. The summed E-state index contributed by atoms with van der Waals surface area (Å²) >= 11 is 1.41. The molecule has 2 aromatic heterocycles. The summed E-state index contributed by atoms with van der Waals surface area (Å²) in [6.07, 6.45) is 4.37. The molecule has 2 rings (SSSR count). The van der Waals surface area contributed by atoms with Crippen molar-refractivity contribution in [3.05, 3.63) is 24.5 Å². The molecule has 1 N–H and O–H groups in total. The summed E-state index contributed by atoms with van der Waals surface area (Å²) in [5.41, 5.74) is 0.954. The first-order valence-electron chi connectivity index (χ1n) is 6.87. The second-order valence-electron chi connectivity index (χ2n) is 4.65. The molecule has 0 saturated carbocycles. The van der Waals surface area contributed by atoms with Crippen LogP contribution in [0.3, 0.4) is 0 Å². The minimum Gasteiger partial charge on any atom is -0.355 e. The molecule has 1 atom stereocenters. The van der Waals surface area contributed by atoms with E-state index in [1.165, 1.54) is 11.8 Å². The number of hydrogen-bond donors (Lipinski definition) is 1. The van der Waals surface area contributed by atoms with Crippen molar-refractivity contribution in [1.82, 2.24) is 25.1 Å². The van der Waals surface area contributed by atoms with Crippen molar-refractivity contribution >= 4 is 17.7 Å². The number of nitrogens with zero attached hydrogens (tertiary/aromatic N) is 4. The van der Waals surface area contributed by atoms with Crippen LogP contribution in [0.1, 0.15) is 20.3 Å². The van der Waals surface area contributed by atoms with Crippen LogP contribution in [0.4, 0.5) is 0 Å². The number of nitrogens with one attached hydrogen (secondary N) is 1. The highest BCUT2D eigenvalue weighted by molar-refractivity contribution is 8.00. The van der Waals surface area contributed by atoms with Crippen molar-refractivity contribution in [2.75, 3.05) is 6.54 Å². The molecule has 0 saturated heterocycles. The zero-order valence-electron chi connectivity index (χ0n) is 12.4. The Morgan fingerprint density at radius 1 is 1.38 bits per heavy atom. The highest BCUT2D eigenvalue weighted by atomic mass is 32.2. The van der Waals surface area contributed by atoms with Crippen molar-refractivity contribution in [2.24, 2.45) is 7.05 Å². The fourth-order valence-corrected chi connectivity index (χ4v) is 2.61. The average molecular weight is 305 g/mol. The molecule has 0 spiro atoms. The number of amides is 1. The van der Waals surface area contributed by atoms with Crippen LogP contribution < -0.4 is 5.32 Å². The van der Waals surface area contributed by atoms with E-state index >= 15 is 0 Å². The van der Waals surface area contributed by atoms with Gasteiger partial charge in [0, 0.05) is 31.5 Å². The molecule has 0 aliphatic rings. The molecule has 0 fully saturated rings. The van der Waals surface area contributed by atoms with Crippen LogP contribution in [0, 0.1) is 0 Å². The number of hydrogen-bond acceptors (Lipinski definition) is 5. The van der Waals surface area contributed by atoms with Gasteiger partial charge in [0.2, 0.25) is 5.91 Å². The Balaban J connectivity index is 2.09. The van der Waals surface area contributed by atoms with Crippen molar-refractivity contribution in [1.29, 1.82) is 0 Å². The van der Waals surface area contributed by atoms with Crippen LogP contribution in [0.25, 0.3) is 11.4 Å². The molecule has 112 valence electrons. The summed E-state index contributed by atoms with van der Waals surface area (Å²) in [7, 11) is 1.90. The number of pyridine rings is 1. The van der Waals surface area contributed by atoms with E-state index in [1.807, 2.05) is 37.6 Å². The first-order valence-corrected chi connectivity index (χ1v) is 7.75. The first kappa shape index (κ1) is 15.5. The third-order valence-corrected chi connectivity index (χ3v) is 4.11. The van der Waals surface area contributed by atoms with Gasteiger partial charge in [-0.2, -0.15) is 0 Å². The van der Waals surface area contributed by atoms with E-state index < -0.39 is 0 Å². The highest BCUT2D eigenvalue weighted by Gasteiger charge is 2.18. The van der Waals surface area contributed by atoms with Crippen LogP contribution in [-0.4, -0.2) is 37.5 Å². The fraction of sp³-hybridized carbons (Fsp3) is 0.429. The van der Waals surface area contributed by atoms with Gasteiger partial charge in [-0.3, -0.25) is 9.78 Å². The van der Waals surface area contributed by atoms with Crippen LogP contribution in [-0.2, 0) is 11.8 Å². The molecule has 0 unspecified atom stereocenters. The monoisotopic (exact) mass is 305 g/mol. The van der Waals surface area contributed by atoms with E-state index in [4.69, 9.17) is 0 Å². The Bertz CT molecular complexity index is 599. The zero-order valence-corrected chi connectivity index (χ0v) is 13.2. The van der Waals surface area contributed by atoms with Gasteiger partial charge in [0.1, 0.15) is 0 Å². The van der Waals surface area contributed by atoms with Gasteiger partial charge in [-0.05, 0) is 25.5 Å². The zero-order chi connectivity index (χ0) is 15.2. The van der Waals surface area contributed by atoms with Crippen LogP contribution in [0.5, 0.6) is 0 Å². The van der Waals surface area contributed by atoms with Gasteiger partial charge >= 0.3 is 0 Å². The Labute approximate surface area is 128 Å². The number of rotatable bonds is 6. The van der Waals surface area contributed by atoms with Gasteiger partial charge in [0.25, 0.3) is 0 Å². The lowest BCUT2D eigenvalue weighted by molar-refractivity contribution is -0.120. The molecule has 2 aromatic rings. The van der Waals surface area contributed by atoms with E-state index in [9.17, 15) is 4.79 Å². The minimum atomic E-state index is -0.204. The lowest BCUT2D eigenvalue weighted by atomic mass is 10.2. The highest BCUT2D eigenvalue weighted by Crippen LogP contribution is 2.25. The van der Waals surface area contributed by atoms with Gasteiger partial charge < -0.3 is 9.88 Å². The van der Waals surface area contributed by atoms with Crippen molar-refractivity contribution in [3.63, 3.8) is 0 Å². The maximum atomic E-state index is 11.9. The molecular weight excluding hydrogens is 286 g/mol. The van der Waals surface area contributed by atoms with E-state index in [1.54, 1.807) is 12.4 Å². The van der Waals surface area contributed by atoms with Gasteiger partial charge in [-0.15, -0.1) is 10.2 Å². The fourth-order valence-electron chi connectivity index (χ4n) is 1.77. The molecule has 0 bridgehead atoms. The smallest absolute Gasteiger partial charge is 0.233 e. The summed E-state index contributed by atoms with van der Waals surface area (Å²) < 4.78 is 1.89. The predicted octanol–water partition coefficient (Wildman–Crippen LogP) is 1.88. The topological polar surface area (TPSA) is 72.7 Å². The van der Waals surface area contributed by atoms with E-state index in [-0.39, 0.29) is 11.2 Å². The molecule has 2 heterocycles. The summed E-state index contributed by atoms with van der Waals surface area (Å²) in [6.45, 7) is 4.60. The molecule has 7 heteroatoms. The molecule has 0 aliphatic heterocycles. The SMILES string of the molecule is CCCNC(=O)[C@H](C)Sc1nnc(-c2ccncc2)n1C. The second-order valence-corrected chi connectivity index (χ2v) is 5.96. The molecule has 0 aromatic carbocycles. The van der Waals surface area contributed by atoms with Gasteiger partial charge in [-0.25, -0.2) is 0 Å². The third kappa shape index (κ3) is 3.81. The lowest BCUT2D eigenvalue weighted by Gasteiger charge is -2.10. The largest absolute Gasteiger partial charge is 0.355 e. The normalized spacial score (nSPS) is 12.1. The summed E-state index contributed by atoms with van der Waals surface area (Å²) in [5.74, 6) is 0.788. The maximum absolute atomic E-state index is 11.9. The summed E-state index contributed by atoms with van der Waals surface area (Å²) in [5, 5.41) is 11.8. The molecule has 6 nitrogen and oxygen atoms in total. The molecule has 0 aliphatic carbocycles. The van der Waals surface area contributed by atoms with Crippen LogP contribution >= 0.6 is 11.8 Å². The van der Waals surface area contributed by atoms with E-state index in [0.717, 1.165) is 23.0 Å². The third-order valence-electron chi connectivity index (χ3n) is 2.97. The number of thioether (sulfide) groups is 1. The first-order chi connectivity index (χ1) is 10.1. The molecule has 21 heavy (non-hydrogen) atoms. The molecular formula is C14H19N5OS. The Morgan fingerprint density at radius 3 is 2.76 bits per heavy atom. The standard InChI is InChI=1S/C14H19N5OS/c1-4-7-16-13(20)10(2)21-14-18-17-12(19(14)3)11-5-8-15-9-6-11/h5-6,8-10H,4,7H2,1-3H3,(H,16,20)/t10-/m0/s1. The predicted molar refractivity (Wildman–Crippen MR) is 82.9 cm³/mol. The van der Waals surface area contributed by atoms with Gasteiger partial charge in [0.15, 0.2) is 11.0 Å². The van der Waals surface area contributed by atoms with Crippen molar-refractivity contribution in [2.45, 2.75) is 30.7 Å².